The summed E-state index contributed by atoms with van der Waals surface area (Å²) in [6, 6.07) is 6.50. The van der Waals surface area contributed by atoms with Crippen molar-refractivity contribution >= 4 is 5.69 Å². The zero-order chi connectivity index (χ0) is 11.4. The van der Waals surface area contributed by atoms with Crippen molar-refractivity contribution in [1.82, 2.24) is 0 Å². The Kier molecular flexibility index (Phi) is 3.54. The van der Waals surface area contributed by atoms with E-state index >= 15 is 0 Å². The van der Waals surface area contributed by atoms with Gasteiger partial charge in [-0.3, -0.25) is 0 Å². The fourth-order valence-corrected chi connectivity index (χ4v) is 2.21. The second-order valence-electron chi connectivity index (χ2n) is 4.19. The van der Waals surface area contributed by atoms with E-state index in [0.29, 0.717) is 6.04 Å². The summed E-state index contributed by atoms with van der Waals surface area (Å²) in [5.74, 6) is 1.68. The Morgan fingerprint density at radius 1 is 1.12 bits per heavy atom. The van der Waals surface area contributed by atoms with Crippen molar-refractivity contribution in [2.45, 2.75) is 31.7 Å². The van der Waals surface area contributed by atoms with E-state index in [1.807, 2.05) is 18.2 Å². The van der Waals surface area contributed by atoms with Crippen molar-refractivity contribution in [3.05, 3.63) is 18.2 Å². The molecule has 1 aliphatic carbocycles. The maximum atomic E-state index is 5.36. The van der Waals surface area contributed by atoms with E-state index in [4.69, 9.17) is 9.47 Å². The number of nitrogens with one attached hydrogen (secondary N) is 1. The number of rotatable bonds is 4. The van der Waals surface area contributed by atoms with E-state index in [-0.39, 0.29) is 0 Å². The maximum Gasteiger partial charge on any atom is 0.145 e. The Labute approximate surface area is 96.8 Å². The van der Waals surface area contributed by atoms with Crippen LogP contribution in [-0.2, 0) is 0 Å². The van der Waals surface area contributed by atoms with Crippen LogP contribution in [0.15, 0.2) is 18.2 Å². The minimum Gasteiger partial charge on any atom is -0.497 e. The number of ether oxygens (including phenoxy) is 2. The van der Waals surface area contributed by atoms with Crippen molar-refractivity contribution in [1.29, 1.82) is 0 Å². The SMILES string of the molecule is COc1ccc(NC2CCCC2)c(OC)c1. The lowest BCUT2D eigenvalue weighted by molar-refractivity contribution is 0.395. The Morgan fingerprint density at radius 3 is 2.50 bits per heavy atom. The number of methoxy groups -OCH3 is 2. The summed E-state index contributed by atoms with van der Waals surface area (Å²) >= 11 is 0. The highest BCUT2D eigenvalue weighted by Gasteiger charge is 2.16. The highest BCUT2D eigenvalue weighted by atomic mass is 16.5. The second-order valence-corrected chi connectivity index (χ2v) is 4.19. The first kappa shape index (κ1) is 11.1. The summed E-state index contributed by atoms with van der Waals surface area (Å²) < 4.78 is 10.5. The van der Waals surface area contributed by atoms with Crippen molar-refractivity contribution in [3.8, 4) is 11.5 Å². The summed E-state index contributed by atoms with van der Waals surface area (Å²) in [4.78, 5) is 0. The molecule has 0 spiro atoms. The molecule has 1 aromatic carbocycles. The van der Waals surface area contributed by atoms with Gasteiger partial charge in [0.05, 0.1) is 19.9 Å². The summed E-state index contributed by atoms with van der Waals surface area (Å²) in [6.45, 7) is 0. The molecule has 0 aliphatic heterocycles. The van der Waals surface area contributed by atoms with Gasteiger partial charge in [-0.25, -0.2) is 0 Å². The monoisotopic (exact) mass is 221 g/mol. The molecule has 3 heteroatoms. The first-order chi connectivity index (χ1) is 7.83. The molecule has 0 aromatic heterocycles. The van der Waals surface area contributed by atoms with Crippen LogP contribution in [0.1, 0.15) is 25.7 Å². The van der Waals surface area contributed by atoms with Gasteiger partial charge in [0.25, 0.3) is 0 Å². The van der Waals surface area contributed by atoms with Gasteiger partial charge in [0, 0.05) is 12.1 Å². The van der Waals surface area contributed by atoms with Gasteiger partial charge in [-0.2, -0.15) is 0 Å². The van der Waals surface area contributed by atoms with Crippen molar-refractivity contribution in [3.63, 3.8) is 0 Å². The predicted octanol–water partition coefficient (Wildman–Crippen LogP) is 3.06. The summed E-state index contributed by atoms with van der Waals surface area (Å²) in [7, 11) is 3.35. The Balaban J connectivity index is 2.12. The molecule has 1 aromatic rings. The number of anilines is 1. The lowest BCUT2D eigenvalue weighted by atomic mass is 10.2. The van der Waals surface area contributed by atoms with Gasteiger partial charge in [-0.15, -0.1) is 0 Å². The summed E-state index contributed by atoms with van der Waals surface area (Å²) in [5, 5.41) is 3.53. The molecule has 0 saturated heterocycles. The van der Waals surface area contributed by atoms with Gasteiger partial charge in [0.2, 0.25) is 0 Å². The third-order valence-corrected chi connectivity index (χ3v) is 3.12. The Hall–Kier alpha value is -1.38. The van der Waals surface area contributed by atoms with Gasteiger partial charge >= 0.3 is 0 Å². The molecule has 0 unspecified atom stereocenters. The van der Waals surface area contributed by atoms with Gasteiger partial charge < -0.3 is 14.8 Å². The van der Waals surface area contributed by atoms with E-state index < -0.39 is 0 Å². The molecule has 2 rings (SSSR count). The molecule has 0 radical (unpaired) electrons. The largest absolute Gasteiger partial charge is 0.497 e. The molecule has 0 bridgehead atoms. The molecule has 16 heavy (non-hydrogen) atoms. The Bertz CT molecular complexity index is 346. The number of hydrogen-bond acceptors (Lipinski definition) is 3. The van der Waals surface area contributed by atoms with Gasteiger partial charge in [-0.05, 0) is 25.0 Å². The van der Waals surface area contributed by atoms with Crippen LogP contribution in [-0.4, -0.2) is 20.3 Å². The minimum absolute atomic E-state index is 0.599. The molecule has 1 N–H and O–H groups in total. The quantitative estimate of drug-likeness (QED) is 0.847. The van der Waals surface area contributed by atoms with Crippen LogP contribution in [0.2, 0.25) is 0 Å². The normalized spacial score (nSPS) is 16.1. The van der Waals surface area contributed by atoms with Crippen LogP contribution in [0.3, 0.4) is 0 Å². The standard InChI is InChI=1S/C13H19NO2/c1-15-11-7-8-12(13(9-11)16-2)14-10-5-3-4-6-10/h7-10,14H,3-6H2,1-2H3. The van der Waals surface area contributed by atoms with Crippen molar-refractivity contribution < 1.29 is 9.47 Å². The molecule has 0 heterocycles. The third kappa shape index (κ3) is 2.40. The summed E-state index contributed by atoms with van der Waals surface area (Å²) in [5.41, 5.74) is 1.07. The third-order valence-electron chi connectivity index (χ3n) is 3.12. The van der Waals surface area contributed by atoms with Crippen LogP contribution < -0.4 is 14.8 Å². The van der Waals surface area contributed by atoms with Crippen LogP contribution >= 0.6 is 0 Å². The van der Waals surface area contributed by atoms with Crippen LogP contribution in [0.5, 0.6) is 11.5 Å². The molecule has 1 fully saturated rings. The molecular weight excluding hydrogens is 202 g/mol. The van der Waals surface area contributed by atoms with Crippen LogP contribution in [0, 0.1) is 0 Å². The van der Waals surface area contributed by atoms with Gasteiger partial charge in [0.1, 0.15) is 11.5 Å². The lowest BCUT2D eigenvalue weighted by Gasteiger charge is -2.16. The zero-order valence-electron chi connectivity index (χ0n) is 9.95. The molecule has 88 valence electrons. The Morgan fingerprint density at radius 2 is 1.88 bits per heavy atom. The average molecular weight is 221 g/mol. The molecule has 0 amide bonds. The minimum atomic E-state index is 0.599. The number of benzene rings is 1. The van der Waals surface area contributed by atoms with E-state index in [1.165, 1.54) is 25.7 Å². The average Bonchev–Trinajstić information content (AvgIpc) is 2.82. The fourth-order valence-electron chi connectivity index (χ4n) is 2.21. The summed E-state index contributed by atoms with van der Waals surface area (Å²) in [6.07, 6.45) is 5.18. The first-order valence-corrected chi connectivity index (χ1v) is 5.82. The number of hydrogen-bond donors (Lipinski definition) is 1. The second kappa shape index (κ2) is 5.10. The van der Waals surface area contributed by atoms with Gasteiger partial charge in [0.15, 0.2) is 0 Å². The topological polar surface area (TPSA) is 30.5 Å². The smallest absolute Gasteiger partial charge is 0.145 e. The molecule has 1 saturated carbocycles. The molecule has 0 atom stereocenters. The molecule has 1 aliphatic rings. The first-order valence-electron chi connectivity index (χ1n) is 5.82. The van der Waals surface area contributed by atoms with E-state index in [2.05, 4.69) is 5.32 Å². The zero-order valence-corrected chi connectivity index (χ0v) is 9.95. The highest BCUT2D eigenvalue weighted by molar-refractivity contribution is 5.59. The maximum absolute atomic E-state index is 5.36. The van der Waals surface area contributed by atoms with E-state index in [1.54, 1.807) is 14.2 Å². The lowest BCUT2D eigenvalue weighted by Crippen LogP contribution is -2.15. The van der Waals surface area contributed by atoms with Crippen LogP contribution in [0.25, 0.3) is 0 Å². The fraction of sp³-hybridized carbons (Fsp3) is 0.538. The van der Waals surface area contributed by atoms with E-state index in [0.717, 1.165) is 17.2 Å². The van der Waals surface area contributed by atoms with E-state index in [9.17, 15) is 0 Å². The van der Waals surface area contributed by atoms with Gasteiger partial charge in [-0.1, -0.05) is 12.8 Å². The predicted molar refractivity (Wildman–Crippen MR) is 65.4 cm³/mol. The highest BCUT2D eigenvalue weighted by Crippen LogP contribution is 2.31. The van der Waals surface area contributed by atoms with Crippen molar-refractivity contribution in [2.24, 2.45) is 0 Å². The molecule has 3 nitrogen and oxygen atoms in total. The van der Waals surface area contributed by atoms with Crippen LogP contribution in [0.4, 0.5) is 5.69 Å². The van der Waals surface area contributed by atoms with Crippen molar-refractivity contribution in [2.75, 3.05) is 19.5 Å². The molecular formula is C13H19NO2.